The van der Waals surface area contributed by atoms with Crippen LogP contribution in [0.5, 0.6) is 0 Å². The second-order valence-electron chi connectivity index (χ2n) is 4.20. The van der Waals surface area contributed by atoms with Crippen molar-refractivity contribution in [1.29, 1.82) is 0 Å². The summed E-state index contributed by atoms with van der Waals surface area (Å²) >= 11 is 1.38. The third kappa shape index (κ3) is 3.29. The maximum absolute atomic E-state index is 10.8. The number of carboxylic acids is 1. The summed E-state index contributed by atoms with van der Waals surface area (Å²) in [6.45, 7) is 2.70. The molecule has 2 aromatic rings. The largest absolute Gasteiger partial charge is 0.478 e. The highest BCUT2D eigenvalue weighted by molar-refractivity contribution is 7.09. The second-order valence-corrected chi connectivity index (χ2v) is 4.94. The summed E-state index contributed by atoms with van der Waals surface area (Å²) in [4.78, 5) is 17.2. The normalized spacial score (nSPS) is 10.4. The first-order chi connectivity index (χ1) is 9.10. The molecule has 0 aliphatic carbocycles. The Morgan fingerprint density at radius 2 is 2.05 bits per heavy atom. The molecule has 6 heteroatoms. The fraction of sp³-hybridized carbons (Fsp3) is 0.308. The van der Waals surface area contributed by atoms with E-state index in [9.17, 15) is 4.79 Å². The Morgan fingerprint density at radius 3 is 2.58 bits per heavy atom. The predicted molar refractivity (Wildman–Crippen MR) is 74.8 cm³/mol. The van der Waals surface area contributed by atoms with E-state index in [0.717, 1.165) is 22.9 Å². The van der Waals surface area contributed by atoms with Crippen molar-refractivity contribution < 1.29 is 9.90 Å². The molecule has 19 heavy (non-hydrogen) atoms. The number of nitrogens with zero attached hydrogens (tertiary/aromatic N) is 3. The minimum absolute atomic E-state index is 0.301. The first-order valence-corrected chi connectivity index (χ1v) is 6.73. The van der Waals surface area contributed by atoms with Gasteiger partial charge in [0.15, 0.2) is 0 Å². The number of hydrogen-bond acceptors (Lipinski definition) is 5. The van der Waals surface area contributed by atoms with Crippen molar-refractivity contribution in [3.63, 3.8) is 0 Å². The molecule has 0 unspecified atom stereocenters. The number of carbonyl (C=O) groups is 1. The zero-order valence-corrected chi connectivity index (χ0v) is 11.6. The molecule has 0 saturated carbocycles. The summed E-state index contributed by atoms with van der Waals surface area (Å²) in [6, 6.07) is 6.87. The lowest BCUT2D eigenvalue weighted by Crippen LogP contribution is -2.16. The van der Waals surface area contributed by atoms with Gasteiger partial charge < -0.3 is 10.0 Å². The standard InChI is InChI=1S/C13H15N3O2S/c1-3-11-14-13(19-15-11)16(2)8-9-4-6-10(7-5-9)12(17)18/h4-7H,3,8H2,1-2H3,(H,17,18). The van der Waals surface area contributed by atoms with E-state index in [2.05, 4.69) is 9.36 Å². The number of aromatic nitrogens is 2. The lowest BCUT2D eigenvalue weighted by atomic mass is 10.1. The van der Waals surface area contributed by atoms with Gasteiger partial charge in [0.2, 0.25) is 5.13 Å². The highest BCUT2D eigenvalue weighted by Gasteiger charge is 2.09. The Bertz CT molecular complexity index is 566. The number of aromatic carboxylic acids is 1. The molecular weight excluding hydrogens is 262 g/mol. The van der Waals surface area contributed by atoms with Gasteiger partial charge in [-0.2, -0.15) is 4.37 Å². The zero-order valence-electron chi connectivity index (χ0n) is 10.8. The fourth-order valence-corrected chi connectivity index (χ4v) is 2.34. The molecule has 5 nitrogen and oxygen atoms in total. The van der Waals surface area contributed by atoms with Gasteiger partial charge in [0.1, 0.15) is 5.82 Å². The van der Waals surface area contributed by atoms with Gasteiger partial charge in [-0.05, 0) is 17.7 Å². The molecule has 0 aliphatic heterocycles. The molecule has 0 saturated heterocycles. The molecule has 0 amide bonds. The first-order valence-electron chi connectivity index (χ1n) is 5.96. The second kappa shape index (κ2) is 5.79. The molecule has 2 rings (SSSR count). The molecule has 1 heterocycles. The van der Waals surface area contributed by atoms with Gasteiger partial charge in [-0.15, -0.1) is 0 Å². The zero-order chi connectivity index (χ0) is 13.8. The van der Waals surface area contributed by atoms with E-state index in [4.69, 9.17) is 5.11 Å². The Kier molecular flexibility index (Phi) is 4.11. The maximum Gasteiger partial charge on any atom is 0.335 e. The fourth-order valence-electron chi connectivity index (χ4n) is 1.64. The molecule has 1 aromatic carbocycles. The van der Waals surface area contributed by atoms with Crippen molar-refractivity contribution in [3.05, 3.63) is 41.2 Å². The van der Waals surface area contributed by atoms with Crippen LogP contribution >= 0.6 is 11.5 Å². The van der Waals surface area contributed by atoms with Crippen molar-refractivity contribution in [3.8, 4) is 0 Å². The van der Waals surface area contributed by atoms with E-state index < -0.39 is 5.97 Å². The van der Waals surface area contributed by atoms with Gasteiger partial charge in [0, 0.05) is 31.5 Å². The number of carboxylic acid groups (broad SMARTS) is 1. The van der Waals surface area contributed by atoms with Gasteiger partial charge in [-0.1, -0.05) is 19.1 Å². The van der Waals surface area contributed by atoms with Crippen LogP contribution in [0.3, 0.4) is 0 Å². The number of benzene rings is 1. The van der Waals surface area contributed by atoms with Crippen molar-refractivity contribution in [1.82, 2.24) is 9.36 Å². The number of hydrogen-bond donors (Lipinski definition) is 1. The smallest absolute Gasteiger partial charge is 0.335 e. The van der Waals surface area contributed by atoms with Gasteiger partial charge in [-0.3, -0.25) is 0 Å². The minimum atomic E-state index is -0.906. The first kappa shape index (κ1) is 13.5. The van der Waals surface area contributed by atoms with E-state index in [1.807, 2.05) is 31.0 Å². The number of anilines is 1. The minimum Gasteiger partial charge on any atom is -0.478 e. The van der Waals surface area contributed by atoms with Crippen molar-refractivity contribution in [2.45, 2.75) is 19.9 Å². The third-order valence-corrected chi connectivity index (χ3v) is 3.59. The summed E-state index contributed by atoms with van der Waals surface area (Å²) in [5, 5.41) is 9.71. The lowest BCUT2D eigenvalue weighted by Gasteiger charge is -2.15. The van der Waals surface area contributed by atoms with Gasteiger partial charge in [0.05, 0.1) is 5.56 Å². The van der Waals surface area contributed by atoms with Crippen LogP contribution in [0.15, 0.2) is 24.3 Å². The van der Waals surface area contributed by atoms with Crippen molar-refractivity contribution in [2.75, 3.05) is 11.9 Å². The van der Waals surface area contributed by atoms with E-state index in [1.54, 1.807) is 12.1 Å². The molecule has 100 valence electrons. The summed E-state index contributed by atoms with van der Waals surface area (Å²) in [5.41, 5.74) is 1.34. The average Bonchev–Trinajstić information content (AvgIpc) is 2.88. The van der Waals surface area contributed by atoms with Crippen LogP contribution in [-0.4, -0.2) is 27.5 Å². The van der Waals surface area contributed by atoms with Gasteiger partial charge in [-0.25, -0.2) is 9.78 Å². The summed E-state index contributed by atoms with van der Waals surface area (Å²) < 4.78 is 4.25. The van der Waals surface area contributed by atoms with Crippen LogP contribution in [0, 0.1) is 0 Å². The van der Waals surface area contributed by atoms with Crippen LogP contribution in [0.1, 0.15) is 28.7 Å². The third-order valence-electron chi connectivity index (χ3n) is 2.72. The van der Waals surface area contributed by atoms with Crippen molar-refractivity contribution in [2.24, 2.45) is 0 Å². The van der Waals surface area contributed by atoms with Gasteiger partial charge >= 0.3 is 5.97 Å². The maximum atomic E-state index is 10.8. The summed E-state index contributed by atoms with van der Waals surface area (Å²) in [6.07, 6.45) is 0.831. The molecule has 1 N–H and O–H groups in total. The lowest BCUT2D eigenvalue weighted by molar-refractivity contribution is 0.0697. The van der Waals surface area contributed by atoms with Crippen LogP contribution in [0.4, 0.5) is 5.13 Å². The van der Waals surface area contributed by atoms with Crippen LogP contribution in [0.2, 0.25) is 0 Å². The van der Waals surface area contributed by atoms with E-state index in [1.165, 1.54) is 11.5 Å². The Labute approximate surface area is 115 Å². The van der Waals surface area contributed by atoms with Crippen LogP contribution in [-0.2, 0) is 13.0 Å². The average molecular weight is 277 g/mol. The SMILES string of the molecule is CCc1nsc(N(C)Cc2ccc(C(=O)O)cc2)n1. The topological polar surface area (TPSA) is 66.3 Å². The molecule has 0 spiro atoms. The molecule has 0 bridgehead atoms. The molecule has 0 radical (unpaired) electrons. The highest BCUT2D eigenvalue weighted by Crippen LogP contribution is 2.18. The molecule has 1 aromatic heterocycles. The number of rotatable bonds is 5. The van der Waals surface area contributed by atoms with Crippen LogP contribution < -0.4 is 4.90 Å². The van der Waals surface area contributed by atoms with Crippen molar-refractivity contribution >= 4 is 22.6 Å². The highest BCUT2D eigenvalue weighted by atomic mass is 32.1. The predicted octanol–water partition coefficient (Wildman–Crippen LogP) is 2.44. The molecular formula is C13H15N3O2S. The molecule has 0 fully saturated rings. The Hall–Kier alpha value is -1.95. The quantitative estimate of drug-likeness (QED) is 0.909. The van der Waals surface area contributed by atoms with Crippen LogP contribution in [0.25, 0.3) is 0 Å². The van der Waals surface area contributed by atoms with E-state index in [0.29, 0.717) is 12.1 Å². The van der Waals surface area contributed by atoms with E-state index >= 15 is 0 Å². The van der Waals surface area contributed by atoms with Gasteiger partial charge in [0.25, 0.3) is 0 Å². The summed E-state index contributed by atoms with van der Waals surface area (Å²) in [5.74, 6) is -0.0512. The summed E-state index contributed by atoms with van der Waals surface area (Å²) in [7, 11) is 1.95. The molecule has 0 aliphatic rings. The van der Waals surface area contributed by atoms with E-state index in [-0.39, 0.29) is 0 Å². The Morgan fingerprint density at radius 1 is 1.37 bits per heavy atom. The molecule has 0 atom stereocenters. The number of aryl methyl sites for hydroxylation is 1. The monoisotopic (exact) mass is 277 g/mol. The Balaban J connectivity index is 2.05.